The summed E-state index contributed by atoms with van der Waals surface area (Å²) in [5.41, 5.74) is 0.699. The molecule has 0 saturated carbocycles. The smallest absolute Gasteiger partial charge is 0.238 e. The van der Waals surface area contributed by atoms with Crippen molar-refractivity contribution in [3.63, 3.8) is 0 Å². The standard InChI is InChI=1S/C13H17ClN2O2/c14-10-3-1-4-11(7-10)15-13(18)9-16-6-2-5-12(17)8-16/h1,3-4,7,12,17H,2,5-6,8-9H2,(H,15,18). The molecular weight excluding hydrogens is 252 g/mol. The highest BCUT2D eigenvalue weighted by atomic mass is 35.5. The Hall–Kier alpha value is -1.10. The molecule has 1 aromatic rings. The number of nitrogens with zero attached hydrogens (tertiary/aromatic N) is 1. The average Bonchev–Trinajstić information content (AvgIpc) is 2.28. The number of benzene rings is 1. The van der Waals surface area contributed by atoms with E-state index in [2.05, 4.69) is 5.32 Å². The van der Waals surface area contributed by atoms with Gasteiger partial charge in [0.1, 0.15) is 0 Å². The molecule has 18 heavy (non-hydrogen) atoms. The van der Waals surface area contributed by atoms with Crippen LogP contribution < -0.4 is 5.32 Å². The van der Waals surface area contributed by atoms with E-state index in [4.69, 9.17) is 11.6 Å². The van der Waals surface area contributed by atoms with Crippen LogP contribution in [0.25, 0.3) is 0 Å². The summed E-state index contributed by atoms with van der Waals surface area (Å²) in [6.07, 6.45) is 1.45. The SMILES string of the molecule is O=C(CN1CCCC(O)C1)Nc1cccc(Cl)c1. The summed E-state index contributed by atoms with van der Waals surface area (Å²) >= 11 is 5.84. The summed E-state index contributed by atoms with van der Waals surface area (Å²) in [7, 11) is 0. The quantitative estimate of drug-likeness (QED) is 0.878. The number of amides is 1. The zero-order chi connectivity index (χ0) is 13.0. The fourth-order valence-corrected chi connectivity index (χ4v) is 2.33. The van der Waals surface area contributed by atoms with Crippen molar-refractivity contribution in [3.05, 3.63) is 29.3 Å². The van der Waals surface area contributed by atoms with Crippen LogP contribution in [0.2, 0.25) is 5.02 Å². The lowest BCUT2D eigenvalue weighted by Crippen LogP contribution is -2.42. The number of nitrogens with one attached hydrogen (secondary N) is 1. The zero-order valence-corrected chi connectivity index (χ0v) is 10.9. The molecule has 2 rings (SSSR count). The van der Waals surface area contributed by atoms with Crippen LogP contribution in [0, 0.1) is 0 Å². The van der Waals surface area contributed by atoms with Gasteiger partial charge in [-0.25, -0.2) is 0 Å². The summed E-state index contributed by atoms with van der Waals surface area (Å²) in [6.45, 7) is 1.74. The zero-order valence-electron chi connectivity index (χ0n) is 10.1. The van der Waals surface area contributed by atoms with Gasteiger partial charge in [0.2, 0.25) is 5.91 Å². The molecule has 0 aromatic heterocycles. The van der Waals surface area contributed by atoms with Crippen LogP contribution in [0.4, 0.5) is 5.69 Å². The molecule has 5 heteroatoms. The van der Waals surface area contributed by atoms with Gasteiger partial charge in [0, 0.05) is 17.3 Å². The molecule has 4 nitrogen and oxygen atoms in total. The molecule has 1 aliphatic heterocycles. The minimum atomic E-state index is -0.308. The Morgan fingerprint density at radius 2 is 2.39 bits per heavy atom. The van der Waals surface area contributed by atoms with Crippen LogP contribution in [-0.4, -0.2) is 41.7 Å². The van der Waals surface area contributed by atoms with E-state index in [0.717, 1.165) is 19.4 Å². The predicted octanol–water partition coefficient (Wildman–Crippen LogP) is 1.74. The number of hydrogen-bond donors (Lipinski definition) is 2. The second-order valence-electron chi connectivity index (χ2n) is 4.59. The number of rotatable bonds is 3. The molecule has 0 aliphatic carbocycles. The van der Waals surface area contributed by atoms with E-state index < -0.39 is 0 Å². The Morgan fingerprint density at radius 1 is 1.56 bits per heavy atom. The molecule has 1 atom stereocenters. The normalized spacial score (nSPS) is 20.7. The van der Waals surface area contributed by atoms with Crippen molar-refractivity contribution >= 4 is 23.2 Å². The number of halogens is 1. The van der Waals surface area contributed by atoms with E-state index in [-0.39, 0.29) is 12.0 Å². The second-order valence-corrected chi connectivity index (χ2v) is 5.03. The molecule has 1 aliphatic rings. The average molecular weight is 269 g/mol. The predicted molar refractivity (Wildman–Crippen MR) is 71.8 cm³/mol. The highest BCUT2D eigenvalue weighted by Gasteiger charge is 2.19. The number of aliphatic hydroxyl groups excluding tert-OH is 1. The lowest BCUT2D eigenvalue weighted by Gasteiger charge is -2.29. The number of piperidine rings is 1. The fraction of sp³-hybridized carbons (Fsp3) is 0.462. The van der Waals surface area contributed by atoms with Gasteiger partial charge in [-0.1, -0.05) is 17.7 Å². The van der Waals surface area contributed by atoms with Crippen LogP contribution in [0.5, 0.6) is 0 Å². The number of anilines is 1. The summed E-state index contributed by atoms with van der Waals surface area (Å²) in [5, 5.41) is 12.9. The number of β-amino-alcohol motifs (C(OH)–C–C–N with tert-alkyl or cyclic N) is 1. The van der Waals surface area contributed by atoms with Gasteiger partial charge in [-0.3, -0.25) is 9.69 Å². The third-order valence-electron chi connectivity index (χ3n) is 2.96. The Balaban J connectivity index is 1.85. The maximum absolute atomic E-state index is 11.8. The van der Waals surface area contributed by atoms with Crippen LogP contribution in [0.3, 0.4) is 0 Å². The van der Waals surface area contributed by atoms with Gasteiger partial charge in [0.15, 0.2) is 0 Å². The molecule has 2 N–H and O–H groups in total. The van der Waals surface area contributed by atoms with Gasteiger partial charge in [-0.2, -0.15) is 0 Å². The van der Waals surface area contributed by atoms with Gasteiger partial charge in [0.25, 0.3) is 0 Å². The first-order valence-electron chi connectivity index (χ1n) is 6.09. The Morgan fingerprint density at radius 3 is 3.11 bits per heavy atom. The summed E-state index contributed by atoms with van der Waals surface area (Å²) in [4.78, 5) is 13.8. The van der Waals surface area contributed by atoms with Gasteiger partial charge < -0.3 is 10.4 Å². The van der Waals surface area contributed by atoms with Crippen LogP contribution in [0.1, 0.15) is 12.8 Å². The van der Waals surface area contributed by atoms with Crippen LogP contribution in [-0.2, 0) is 4.79 Å². The Kier molecular flexibility index (Phi) is 4.58. The third kappa shape index (κ3) is 3.98. The molecule has 0 spiro atoms. The number of aliphatic hydroxyl groups is 1. The first kappa shape index (κ1) is 13.3. The summed E-state index contributed by atoms with van der Waals surface area (Å²) in [6, 6.07) is 7.07. The molecular formula is C13H17ClN2O2. The summed E-state index contributed by atoms with van der Waals surface area (Å²) in [5.74, 6) is -0.0774. The monoisotopic (exact) mass is 268 g/mol. The molecule has 98 valence electrons. The number of carbonyl (C=O) groups is 1. The van der Waals surface area contributed by atoms with E-state index in [1.807, 2.05) is 4.90 Å². The van der Waals surface area contributed by atoms with E-state index in [1.54, 1.807) is 24.3 Å². The van der Waals surface area contributed by atoms with E-state index in [9.17, 15) is 9.90 Å². The van der Waals surface area contributed by atoms with E-state index in [0.29, 0.717) is 23.8 Å². The van der Waals surface area contributed by atoms with Crippen LogP contribution in [0.15, 0.2) is 24.3 Å². The topological polar surface area (TPSA) is 52.6 Å². The van der Waals surface area contributed by atoms with Gasteiger partial charge in [0.05, 0.1) is 12.6 Å². The highest BCUT2D eigenvalue weighted by molar-refractivity contribution is 6.30. The van der Waals surface area contributed by atoms with Crippen molar-refractivity contribution < 1.29 is 9.90 Å². The molecule has 0 bridgehead atoms. The largest absolute Gasteiger partial charge is 0.392 e. The highest BCUT2D eigenvalue weighted by Crippen LogP contribution is 2.15. The van der Waals surface area contributed by atoms with Crippen molar-refractivity contribution in [2.24, 2.45) is 0 Å². The van der Waals surface area contributed by atoms with Crippen molar-refractivity contribution in [2.45, 2.75) is 18.9 Å². The van der Waals surface area contributed by atoms with Crippen molar-refractivity contribution in [1.29, 1.82) is 0 Å². The Bertz CT molecular complexity index is 425. The molecule has 0 radical (unpaired) electrons. The van der Waals surface area contributed by atoms with Crippen LogP contribution >= 0.6 is 11.6 Å². The van der Waals surface area contributed by atoms with E-state index >= 15 is 0 Å². The van der Waals surface area contributed by atoms with Gasteiger partial charge in [-0.05, 0) is 37.6 Å². The lowest BCUT2D eigenvalue weighted by atomic mass is 10.1. The molecule has 1 fully saturated rings. The minimum absolute atomic E-state index is 0.0774. The number of likely N-dealkylation sites (tertiary alicyclic amines) is 1. The maximum Gasteiger partial charge on any atom is 0.238 e. The first-order valence-corrected chi connectivity index (χ1v) is 6.47. The third-order valence-corrected chi connectivity index (χ3v) is 3.19. The lowest BCUT2D eigenvalue weighted by molar-refractivity contribution is -0.118. The summed E-state index contributed by atoms with van der Waals surface area (Å²) < 4.78 is 0. The Labute approximate surface area is 112 Å². The number of hydrogen-bond acceptors (Lipinski definition) is 3. The molecule has 1 aromatic carbocycles. The van der Waals surface area contributed by atoms with E-state index in [1.165, 1.54) is 0 Å². The molecule has 1 heterocycles. The fourth-order valence-electron chi connectivity index (χ4n) is 2.14. The van der Waals surface area contributed by atoms with Gasteiger partial charge in [-0.15, -0.1) is 0 Å². The van der Waals surface area contributed by atoms with Crippen molar-refractivity contribution in [1.82, 2.24) is 4.90 Å². The molecule has 1 unspecified atom stereocenters. The molecule has 1 amide bonds. The van der Waals surface area contributed by atoms with Gasteiger partial charge >= 0.3 is 0 Å². The number of carbonyl (C=O) groups excluding carboxylic acids is 1. The minimum Gasteiger partial charge on any atom is -0.392 e. The van der Waals surface area contributed by atoms with Crippen molar-refractivity contribution in [3.8, 4) is 0 Å². The first-order chi connectivity index (χ1) is 8.63. The maximum atomic E-state index is 11.8. The second kappa shape index (κ2) is 6.18. The molecule has 1 saturated heterocycles. The van der Waals surface area contributed by atoms with Crippen molar-refractivity contribution in [2.75, 3.05) is 25.0 Å².